The molecule has 1 aliphatic carbocycles. The lowest BCUT2D eigenvalue weighted by atomic mass is 9.65. The number of anilines is 1. The van der Waals surface area contributed by atoms with Crippen molar-refractivity contribution in [2.24, 2.45) is 5.41 Å². The highest BCUT2D eigenvalue weighted by Crippen LogP contribution is 2.51. The average molecular weight is 480 g/mol. The topological polar surface area (TPSA) is 37.8 Å². The zero-order valence-corrected chi connectivity index (χ0v) is 19.7. The Bertz CT molecular complexity index is 1370. The number of nitrogens with one attached hydrogen (secondary N) is 1. The second-order valence-electron chi connectivity index (χ2n) is 10.1. The lowest BCUT2D eigenvalue weighted by Gasteiger charge is -2.43. The Kier molecular flexibility index (Phi) is 5.34. The molecule has 2 aliphatic rings. The Hall–Kier alpha value is -3.48. The van der Waals surface area contributed by atoms with Crippen molar-refractivity contribution in [3.63, 3.8) is 0 Å². The molecule has 5 rings (SSSR count). The summed E-state index contributed by atoms with van der Waals surface area (Å²) >= 11 is 0. The van der Waals surface area contributed by atoms with Crippen molar-refractivity contribution in [2.75, 3.05) is 5.32 Å². The van der Waals surface area contributed by atoms with Gasteiger partial charge in [0.2, 0.25) is 0 Å². The van der Waals surface area contributed by atoms with E-state index in [1.807, 2.05) is 25.1 Å². The SMILES string of the molecule is CC1(C)C=CC2=C(C1)Nc1ncc(F)cc1[C@]2(C)c1cccc(-c2ccncc2CC(F)(F)F)c1. The minimum Gasteiger partial charge on any atom is -0.343 e. The van der Waals surface area contributed by atoms with Gasteiger partial charge in [-0.3, -0.25) is 4.98 Å². The number of halogens is 4. The number of fused-ring (bicyclic) bond motifs is 1. The van der Waals surface area contributed by atoms with Crippen LogP contribution in [0.3, 0.4) is 0 Å². The van der Waals surface area contributed by atoms with Crippen molar-refractivity contribution in [2.45, 2.75) is 45.2 Å². The number of alkyl halides is 3. The number of benzene rings is 1. The van der Waals surface area contributed by atoms with E-state index >= 15 is 0 Å². The molecule has 0 saturated carbocycles. The van der Waals surface area contributed by atoms with Crippen LogP contribution in [0.1, 0.15) is 43.9 Å². The number of aromatic nitrogens is 2. The van der Waals surface area contributed by atoms with Crippen LogP contribution in [0.5, 0.6) is 0 Å². The van der Waals surface area contributed by atoms with E-state index < -0.39 is 23.8 Å². The number of pyridine rings is 2. The molecule has 3 heterocycles. The van der Waals surface area contributed by atoms with E-state index in [0.717, 1.165) is 23.3 Å². The summed E-state index contributed by atoms with van der Waals surface area (Å²) in [6, 6.07) is 10.6. The van der Waals surface area contributed by atoms with Gasteiger partial charge in [-0.05, 0) is 64.8 Å². The van der Waals surface area contributed by atoms with Crippen LogP contribution in [0, 0.1) is 11.2 Å². The number of hydrogen-bond donors (Lipinski definition) is 1. The second kappa shape index (κ2) is 8.04. The highest BCUT2D eigenvalue weighted by Gasteiger charge is 2.42. The number of hydrogen-bond acceptors (Lipinski definition) is 3. The maximum atomic E-state index is 14.4. The van der Waals surface area contributed by atoms with Crippen LogP contribution in [-0.2, 0) is 11.8 Å². The van der Waals surface area contributed by atoms with Crippen molar-refractivity contribution in [3.8, 4) is 11.1 Å². The van der Waals surface area contributed by atoms with Gasteiger partial charge in [0.25, 0.3) is 0 Å². The van der Waals surface area contributed by atoms with E-state index in [-0.39, 0.29) is 11.0 Å². The van der Waals surface area contributed by atoms with Crippen LogP contribution >= 0.6 is 0 Å². The third kappa shape index (κ3) is 4.24. The van der Waals surface area contributed by atoms with Crippen molar-refractivity contribution in [1.29, 1.82) is 0 Å². The Morgan fingerprint density at radius 3 is 2.63 bits per heavy atom. The van der Waals surface area contributed by atoms with Gasteiger partial charge in [-0.2, -0.15) is 13.2 Å². The van der Waals surface area contributed by atoms with E-state index in [9.17, 15) is 17.6 Å². The molecule has 0 unspecified atom stereocenters. The first-order valence-electron chi connectivity index (χ1n) is 11.4. The molecule has 0 fully saturated rings. The van der Waals surface area contributed by atoms with Crippen LogP contribution in [0.15, 0.2) is 78.4 Å². The largest absolute Gasteiger partial charge is 0.393 e. The van der Waals surface area contributed by atoms with Gasteiger partial charge in [0.05, 0.1) is 12.6 Å². The van der Waals surface area contributed by atoms with E-state index in [1.165, 1.54) is 24.7 Å². The quantitative estimate of drug-likeness (QED) is 0.399. The molecule has 35 heavy (non-hydrogen) atoms. The molecule has 1 aromatic carbocycles. The molecule has 1 aliphatic heterocycles. The van der Waals surface area contributed by atoms with Gasteiger partial charge in [-0.15, -0.1) is 0 Å². The predicted octanol–water partition coefficient (Wildman–Crippen LogP) is 7.36. The zero-order valence-electron chi connectivity index (χ0n) is 19.7. The fourth-order valence-corrected chi connectivity index (χ4v) is 5.18. The molecule has 0 radical (unpaired) electrons. The fourth-order valence-electron chi connectivity index (χ4n) is 5.18. The van der Waals surface area contributed by atoms with Gasteiger partial charge in [-0.1, -0.05) is 44.2 Å². The smallest absolute Gasteiger partial charge is 0.343 e. The Labute approximate surface area is 201 Å². The normalized spacial score (nSPS) is 20.8. The number of nitrogens with zero attached hydrogens (tertiary/aromatic N) is 2. The first-order chi connectivity index (χ1) is 16.5. The lowest BCUT2D eigenvalue weighted by Crippen LogP contribution is -2.36. The number of rotatable bonds is 3. The molecule has 2 aromatic heterocycles. The van der Waals surface area contributed by atoms with E-state index in [2.05, 4.69) is 41.3 Å². The molecule has 180 valence electrons. The minimum atomic E-state index is -4.35. The standard InChI is InChI=1S/C28H25F4N3/c1-26(2)9-7-22-24(14-26)35-25-23(12-20(29)16-34-25)27(22,3)19-6-4-5-17(11-19)21-8-10-33-15-18(21)13-28(30,31)32/h4-12,15-16H,13-14H2,1-3H3,(H,34,35)/t27-/m1/s1. The second-order valence-corrected chi connectivity index (χ2v) is 10.1. The summed E-state index contributed by atoms with van der Waals surface area (Å²) in [6.45, 7) is 6.31. The molecular weight excluding hydrogens is 454 g/mol. The molecule has 0 saturated heterocycles. The summed E-state index contributed by atoms with van der Waals surface area (Å²) in [5.74, 6) is 0.143. The van der Waals surface area contributed by atoms with Crippen LogP contribution < -0.4 is 5.32 Å². The molecule has 0 spiro atoms. The Balaban J connectivity index is 1.69. The van der Waals surface area contributed by atoms with Gasteiger partial charge >= 0.3 is 6.18 Å². The highest BCUT2D eigenvalue weighted by molar-refractivity contribution is 5.72. The summed E-state index contributed by atoms with van der Waals surface area (Å²) in [7, 11) is 0. The zero-order chi connectivity index (χ0) is 25.0. The molecular formula is C28H25F4N3. The first kappa shape index (κ1) is 23.3. The van der Waals surface area contributed by atoms with Crippen molar-refractivity contribution in [1.82, 2.24) is 9.97 Å². The van der Waals surface area contributed by atoms with Gasteiger partial charge < -0.3 is 5.32 Å². The molecule has 1 N–H and O–H groups in total. The summed E-state index contributed by atoms with van der Waals surface area (Å²) in [5, 5.41) is 3.41. The Morgan fingerprint density at radius 2 is 1.86 bits per heavy atom. The molecule has 3 aromatic rings. The Morgan fingerprint density at radius 1 is 1.06 bits per heavy atom. The summed E-state index contributed by atoms with van der Waals surface area (Å²) < 4.78 is 54.1. The van der Waals surface area contributed by atoms with Crippen molar-refractivity contribution >= 4 is 5.82 Å². The minimum absolute atomic E-state index is 0.0599. The fraction of sp³-hybridized carbons (Fsp3) is 0.286. The van der Waals surface area contributed by atoms with Gasteiger partial charge in [0, 0.05) is 29.1 Å². The van der Waals surface area contributed by atoms with E-state index in [0.29, 0.717) is 22.5 Å². The van der Waals surface area contributed by atoms with Crippen molar-refractivity contribution in [3.05, 3.63) is 101 Å². The number of allylic oxidation sites excluding steroid dienone is 4. The van der Waals surface area contributed by atoms with Crippen molar-refractivity contribution < 1.29 is 17.6 Å². The van der Waals surface area contributed by atoms with Crippen LogP contribution in [0.4, 0.5) is 23.4 Å². The van der Waals surface area contributed by atoms with Crippen LogP contribution in [0.2, 0.25) is 0 Å². The first-order valence-corrected chi connectivity index (χ1v) is 11.4. The third-order valence-electron chi connectivity index (χ3n) is 6.91. The molecule has 7 heteroatoms. The van der Waals surface area contributed by atoms with E-state index in [1.54, 1.807) is 12.1 Å². The summed E-state index contributed by atoms with van der Waals surface area (Å²) in [5.41, 5.74) is 3.96. The molecule has 1 atom stereocenters. The molecule has 3 nitrogen and oxygen atoms in total. The van der Waals surface area contributed by atoms with Gasteiger partial charge in [0.1, 0.15) is 11.6 Å². The lowest BCUT2D eigenvalue weighted by molar-refractivity contribution is -0.127. The highest BCUT2D eigenvalue weighted by atomic mass is 19.4. The maximum absolute atomic E-state index is 14.4. The summed E-state index contributed by atoms with van der Waals surface area (Å²) in [6.07, 6.45) is 3.53. The van der Waals surface area contributed by atoms with E-state index in [4.69, 9.17) is 0 Å². The predicted molar refractivity (Wildman–Crippen MR) is 128 cm³/mol. The third-order valence-corrected chi connectivity index (χ3v) is 6.91. The molecule has 0 amide bonds. The monoisotopic (exact) mass is 479 g/mol. The summed E-state index contributed by atoms with van der Waals surface area (Å²) in [4.78, 5) is 8.25. The van der Waals surface area contributed by atoms with Crippen LogP contribution in [-0.4, -0.2) is 16.1 Å². The van der Waals surface area contributed by atoms with Gasteiger partial charge in [-0.25, -0.2) is 9.37 Å². The average Bonchev–Trinajstić information content (AvgIpc) is 2.78. The maximum Gasteiger partial charge on any atom is 0.393 e. The molecule has 0 bridgehead atoms. The van der Waals surface area contributed by atoms with Gasteiger partial charge in [0.15, 0.2) is 0 Å². The van der Waals surface area contributed by atoms with Crippen LogP contribution in [0.25, 0.3) is 11.1 Å².